The number of hydrogen-bond acceptors (Lipinski definition) is 3. The molecule has 0 radical (unpaired) electrons. The van der Waals surface area contributed by atoms with Gasteiger partial charge in [0.05, 0.1) is 0 Å². The molecule has 1 aliphatic rings. The molecule has 0 bridgehead atoms. The maximum absolute atomic E-state index is 10.8. The highest BCUT2D eigenvalue weighted by molar-refractivity contribution is 6.27. The predicted molar refractivity (Wildman–Crippen MR) is 32.7 cm³/mol. The van der Waals surface area contributed by atoms with Crippen LogP contribution in [-0.2, 0) is 9.78 Å². The quantitative estimate of drug-likeness (QED) is 0.417. The molecule has 5 nitrogen and oxygen atoms in total. The van der Waals surface area contributed by atoms with Gasteiger partial charge in [0.2, 0.25) is 0 Å². The number of urea groups is 1. The maximum atomic E-state index is 10.8. The molecule has 0 aromatic rings. The Morgan fingerprint density at radius 2 is 1.60 bits per heavy atom. The largest absolute Gasteiger partial charge is 0.353 e. The summed E-state index contributed by atoms with van der Waals surface area (Å²) >= 11 is 10.6. The Balaban J connectivity index is 2.55. The fourth-order valence-electron chi connectivity index (χ4n) is 0.395. The summed E-state index contributed by atoms with van der Waals surface area (Å²) < 4.78 is 1.53. The summed E-state index contributed by atoms with van der Waals surface area (Å²) in [6, 6.07) is -0.569. The highest BCUT2D eigenvalue weighted by atomic mass is 35.5. The Bertz CT molecular complexity index is 130. The van der Waals surface area contributed by atoms with E-state index in [1.54, 1.807) is 0 Å². The molecule has 1 aliphatic heterocycles. The van der Waals surface area contributed by atoms with Crippen LogP contribution in [0.25, 0.3) is 0 Å². The maximum Gasteiger partial charge on any atom is 0.353 e. The van der Waals surface area contributed by atoms with Crippen molar-refractivity contribution >= 4 is 29.6 Å². The molecule has 58 valence electrons. The fourth-order valence-corrected chi connectivity index (χ4v) is 0.696. The van der Waals surface area contributed by atoms with Gasteiger partial charge in [-0.25, -0.2) is 23.4 Å². The van der Waals surface area contributed by atoms with Gasteiger partial charge in [-0.05, 0) is 0 Å². The smallest absolute Gasteiger partial charge is 0.245 e. The lowest BCUT2D eigenvalue weighted by molar-refractivity contribution is -0.306. The standard InChI is InChI=1S/C3H4Cl2N2O3/c4-6-1-9-10-2-7(5)3(6)8/h1-2H2. The van der Waals surface area contributed by atoms with Crippen molar-refractivity contribution in [3.63, 3.8) is 0 Å². The number of hydrogen-bond donors (Lipinski definition) is 0. The van der Waals surface area contributed by atoms with E-state index in [-0.39, 0.29) is 13.5 Å². The Labute approximate surface area is 67.1 Å². The Morgan fingerprint density at radius 1 is 1.20 bits per heavy atom. The summed E-state index contributed by atoms with van der Waals surface area (Å²) in [5.41, 5.74) is 0. The van der Waals surface area contributed by atoms with Gasteiger partial charge in [-0.15, -0.1) is 0 Å². The van der Waals surface area contributed by atoms with Crippen molar-refractivity contribution in [2.45, 2.75) is 0 Å². The first-order valence-corrected chi connectivity index (χ1v) is 3.04. The summed E-state index contributed by atoms with van der Waals surface area (Å²) in [7, 11) is 0. The van der Waals surface area contributed by atoms with Crippen molar-refractivity contribution in [2.24, 2.45) is 0 Å². The average molecular weight is 187 g/mol. The van der Waals surface area contributed by atoms with Gasteiger partial charge >= 0.3 is 6.03 Å². The van der Waals surface area contributed by atoms with Gasteiger partial charge in [-0.3, -0.25) is 0 Å². The van der Waals surface area contributed by atoms with E-state index < -0.39 is 6.03 Å². The zero-order chi connectivity index (χ0) is 7.56. The summed E-state index contributed by atoms with van der Waals surface area (Å²) in [4.78, 5) is 19.6. The molecule has 0 N–H and O–H groups in total. The van der Waals surface area contributed by atoms with E-state index >= 15 is 0 Å². The Kier molecular flexibility index (Phi) is 2.56. The zero-order valence-corrected chi connectivity index (χ0v) is 6.30. The number of carbonyl (C=O) groups excluding carboxylic acids is 1. The number of halogens is 2. The number of rotatable bonds is 0. The summed E-state index contributed by atoms with van der Waals surface area (Å²) in [6.07, 6.45) is 0. The molecule has 0 aromatic heterocycles. The van der Waals surface area contributed by atoms with E-state index in [4.69, 9.17) is 23.6 Å². The first kappa shape index (κ1) is 7.87. The third-order valence-corrected chi connectivity index (χ3v) is 1.31. The molecule has 0 spiro atoms. The van der Waals surface area contributed by atoms with Crippen LogP contribution in [0.15, 0.2) is 0 Å². The van der Waals surface area contributed by atoms with Crippen LogP contribution in [0, 0.1) is 0 Å². The van der Waals surface area contributed by atoms with Gasteiger partial charge < -0.3 is 0 Å². The normalized spacial score (nSPS) is 21.2. The van der Waals surface area contributed by atoms with Crippen LogP contribution in [-0.4, -0.2) is 28.3 Å². The molecule has 0 aromatic carbocycles. The molecule has 0 unspecified atom stereocenters. The lowest BCUT2D eigenvalue weighted by Gasteiger charge is -2.11. The van der Waals surface area contributed by atoms with E-state index in [1.165, 1.54) is 0 Å². The van der Waals surface area contributed by atoms with Crippen molar-refractivity contribution < 1.29 is 14.6 Å². The average Bonchev–Trinajstić information content (AvgIpc) is 2.04. The van der Waals surface area contributed by atoms with Crippen LogP contribution >= 0.6 is 23.6 Å². The fraction of sp³-hybridized carbons (Fsp3) is 0.667. The second-order valence-corrected chi connectivity index (χ2v) is 2.32. The third kappa shape index (κ3) is 1.63. The zero-order valence-electron chi connectivity index (χ0n) is 4.79. The summed E-state index contributed by atoms with van der Waals surface area (Å²) in [5.74, 6) is 0. The highest BCUT2D eigenvalue weighted by Crippen LogP contribution is 2.09. The van der Waals surface area contributed by atoms with Crippen molar-refractivity contribution in [1.29, 1.82) is 0 Å². The number of nitrogens with zero attached hydrogens (tertiary/aromatic N) is 2. The van der Waals surface area contributed by atoms with Gasteiger partial charge in [0.15, 0.2) is 13.5 Å². The van der Waals surface area contributed by atoms with Crippen LogP contribution in [0.5, 0.6) is 0 Å². The molecule has 10 heavy (non-hydrogen) atoms. The molecule has 1 rings (SSSR count). The van der Waals surface area contributed by atoms with E-state index in [0.717, 1.165) is 8.84 Å². The molecule has 1 saturated heterocycles. The molecule has 1 fully saturated rings. The van der Waals surface area contributed by atoms with E-state index in [0.29, 0.717) is 0 Å². The summed E-state index contributed by atoms with van der Waals surface area (Å²) in [6.45, 7) is -0.271. The second kappa shape index (κ2) is 3.25. The minimum atomic E-state index is -0.569. The molecule has 0 atom stereocenters. The van der Waals surface area contributed by atoms with E-state index in [1.807, 2.05) is 0 Å². The SMILES string of the molecule is O=C1N(Cl)COOCN1Cl. The van der Waals surface area contributed by atoms with Crippen LogP contribution < -0.4 is 0 Å². The lowest BCUT2D eigenvalue weighted by Crippen LogP contribution is -2.30. The van der Waals surface area contributed by atoms with Gasteiger partial charge in [0, 0.05) is 23.6 Å². The number of amides is 2. The monoisotopic (exact) mass is 186 g/mol. The van der Waals surface area contributed by atoms with Crippen molar-refractivity contribution in [1.82, 2.24) is 8.84 Å². The van der Waals surface area contributed by atoms with Crippen LogP contribution in [0.4, 0.5) is 4.79 Å². The molecule has 7 heteroatoms. The van der Waals surface area contributed by atoms with Crippen LogP contribution in [0.1, 0.15) is 0 Å². The minimum Gasteiger partial charge on any atom is -0.245 e. The van der Waals surface area contributed by atoms with Gasteiger partial charge in [-0.2, -0.15) is 0 Å². The van der Waals surface area contributed by atoms with Crippen molar-refractivity contribution in [3.05, 3.63) is 0 Å². The number of carbonyl (C=O) groups is 1. The third-order valence-electron chi connectivity index (χ3n) is 0.831. The molecule has 0 saturated carbocycles. The van der Waals surface area contributed by atoms with E-state index in [2.05, 4.69) is 9.78 Å². The second-order valence-electron chi connectivity index (χ2n) is 1.50. The van der Waals surface area contributed by atoms with Crippen LogP contribution in [0.2, 0.25) is 0 Å². The van der Waals surface area contributed by atoms with E-state index in [9.17, 15) is 4.79 Å². The van der Waals surface area contributed by atoms with Gasteiger partial charge in [-0.1, -0.05) is 0 Å². The molecule has 1 heterocycles. The topological polar surface area (TPSA) is 42.0 Å². The first-order valence-electron chi connectivity index (χ1n) is 2.37. The summed E-state index contributed by atoms with van der Waals surface area (Å²) in [5, 5.41) is 0. The molecule has 0 aliphatic carbocycles. The van der Waals surface area contributed by atoms with Crippen LogP contribution in [0.3, 0.4) is 0 Å². The predicted octanol–water partition coefficient (Wildman–Crippen LogP) is 0.895. The molecular weight excluding hydrogens is 183 g/mol. The first-order chi connectivity index (χ1) is 4.72. The minimum absolute atomic E-state index is 0.135. The molecular formula is C3H4Cl2N2O3. The highest BCUT2D eigenvalue weighted by Gasteiger charge is 2.22. The van der Waals surface area contributed by atoms with Crippen molar-refractivity contribution in [3.8, 4) is 0 Å². The van der Waals surface area contributed by atoms with Gasteiger partial charge in [0.1, 0.15) is 0 Å². The Morgan fingerprint density at radius 3 is 2.00 bits per heavy atom. The Hall–Kier alpha value is -0.230. The van der Waals surface area contributed by atoms with Gasteiger partial charge in [0.25, 0.3) is 0 Å². The molecule has 2 amide bonds. The van der Waals surface area contributed by atoms with Crippen molar-refractivity contribution in [2.75, 3.05) is 13.5 Å². The lowest BCUT2D eigenvalue weighted by atomic mass is 10.9.